The van der Waals surface area contributed by atoms with Crippen LogP contribution in [0.2, 0.25) is 0 Å². The zero-order valence-electron chi connectivity index (χ0n) is 13.1. The summed E-state index contributed by atoms with van der Waals surface area (Å²) in [6, 6.07) is 3.38. The summed E-state index contributed by atoms with van der Waals surface area (Å²) in [7, 11) is 3.02. The molecule has 1 aromatic rings. The van der Waals surface area contributed by atoms with E-state index in [1.807, 2.05) is 0 Å². The minimum atomic E-state index is -1.28. The summed E-state index contributed by atoms with van der Waals surface area (Å²) in [6.07, 6.45) is 1.21. The van der Waals surface area contributed by atoms with Crippen molar-refractivity contribution in [2.45, 2.75) is 19.6 Å². The fourth-order valence-electron chi connectivity index (χ4n) is 1.93. The van der Waals surface area contributed by atoms with E-state index in [-0.39, 0.29) is 5.57 Å². The fraction of sp³-hybridized carbons (Fsp3) is 0.333. The quantitative estimate of drug-likeness (QED) is 0.484. The molecule has 1 fully saturated rings. The zero-order chi connectivity index (χ0) is 17.2. The van der Waals surface area contributed by atoms with Gasteiger partial charge in [-0.2, -0.15) is 0 Å². The van der Waals surface area contributed by atoms with Gasteiger partial charge in [0.2, 0.25) is 0 Å². The molecule has 1 saturated heterocycles. The highest BCUT2D eigenvalue weighted by Crippen LogP contribution is 2.37. The summed E-state index contributed by atoms with van der Waals surface area (Å²) in [4.78, 5) is 23.8. The lowest BCUT2D eigenvalue weighted by Gasteiger charge is -2.29. The Morgan fingerprint density at radius 2 is 1.74 bits per heavy atom. The molecule has 23 heavy (non-hydrogen) atoms. The highest BCUT2D eigenvalue weighted by molar-refractivity contribution is 9.10. The van der Waals surface area contributed by atoms with Crippen LogP contribution in [0.15, 0.2) is 28.4 Å². The normalized spacial score (nSPS) is 16.3. The molecule has 1 aliphatic rings. The number of nitrogens with one attached hydrogen (secondary N) is 1. The van der Waals surface area contributed by atoms with Crippen LogP contribution in [0.1, 0.15) is 13.8 Å². The molecule has 0 saturated carbocycles. The molecule has 2 rings (SSSR count). The smallest absolute Gasteiger partial charge is 0.350 e. The lowest BCUT2D eigenvalue weighted by atomic mass is 10.2. The number of hydrogen-bond acceptors (Lipinski definition) is 7. The van der Waals surface area contributed by atoms with Gasteiger partial charge < -0.3 is 24.3 Å². The van der Waals surface area contributed by atoms with Crippen molar-refractivity contribution in [1.82, 2.24) is 0 Å². The van der Waals surface area contributed by atoms with Gasteiger partial charge in [0.05, 0.1) is 24.4 Å². The first-order valence-electron chi connectivity index (χ1n) is 6.62. The molecule has 1 heterocycles. The first-order valence-corrected chi connectivity index (χ1v) is 7.41. The van der Waals surface area contributed by atoms with E-state index < -0.39 is 17.7 Å². The van der Waals surface area contributed by atoms with Gasteiger partial charge in [0, 0.05) is 26.1 Å². The topological polar surface area (TPSA) is 83.1 Å². The molecule has 0 aromatic heterocycles. The molecule has 0 unspecified atom stereocenters. The molecule has 8 heteroatoms. The molecular weight excluding hydrogens is 370 g/mol. The Morgan fingerprint density at radius 3 is 2.26 bits per heavy atom. The highest BCUT2D eigenvalue weighted by atomic mass is 79.9. The van der Waals surface area contributed by atoms with Gasteiger partial charge in [0.25, 0.3) is 5.79 Å². The monoisotopic (exact) mass is 385 g/mol. The lowest BCUT2D eigenvalue weighted by molar-refractivity contribution is -0.222. The molecule has 0 amide bonds. The molecule has 0 bridgehead atoms. The average molecular weight is 386 g/mol. The Balaban J connectivity index is 2.31. The predicted octanol–water partition coefficient (Wildman–Crippen LogP) is 2.60. The number of cyclic esters (lactones) is 2. The molecule has 1 aromatic carbocycles. The molecule has 124 valence electrons. The molecule has 0 spiro atoms. The van der Waals surface area contributed by atoms with Crippen LogP contribution >= 0.6 is 15.9 Å². The van der Waals surface area contributed by atoms with Crippen molar-refractivity contribution < 1.29 is 28.5 Å². The number of anilines is 1. The van der Waals surface area contributed by atoms with Crippen molar-refractivity contribution >= 4 is 33.6 Å². The van der Waals surface area contributed by atoms with Gasteiger partial charge in [0.15, 0.2) is 11.3 Å². The van der Waals surface area contributed by atoms with Gasteiger partial charge in [-0.15, -0.1) is 0 Å². The van der Waals surface area contributed by atoms with Crippen molar-refractivity contribution in [3.05, 3.63) is 28.4 Å². The van der Waals surface area contributed by atoms with E-state index in [9.17, 15) is 9.59 Å². The van der Waals surface area contributed by atoms with Crippen molar-refractivity contribution in [2.24, 2.45) is 0 Å². The Bertz CT molecular complexity index is 661. The van der Waals surface area contributed by atoms with Crippen LogP contribution in [-0.4, -0.2) is 31.9 Å². The van der Waals surface area contributed by atoms with Crippen LogP contribution in [0.3, 0.4) is 0 Å². The van der Waals surface area contributed by atoms with Gasteiger partial charge >= 0.3 is 11.9 Å². The van der Waals surface area contributed by atoms with Gasteiger partial charge in [-0.25, -0.2) is 9.59 Å². The van der Waals surface area contributed by atoms with Crippen molar-refractivity contribution in [3.63, 3.8) is 0 Å². The Labute approximate surface area is 141 Å². The summed E-state index contributed by atoms with van der Waals surface area (Å²) >= 11 is 3.35. The van der Waals surface area contributed by atoms with Crippen molar-refractivity contribution in [3.8, 4) is 11.5 Å². The van der Waals surface area contributed by atoms with E-state index in [0.29, 0.717) is 21.7 Å². The maximum atomic E-state index is 11.9. The van der Waals surface area contributed by atoms with Gasteiger partial charge in [0.1, 0.15) is 5.75 Å². The summed E-state index contributed by atoms with van der Waals surface area (Å²) < 4.78 is 21.1. The van der Waals surface area contributed by atoms with Crippen molar-refractivity contribution in [1.29, 1.82) is 0 Å². The highest BCUT2D eigenvalue weighted by Gasteiger charge is 2.39. The van der Waals surface area contributed by atoms with Gasteiger partial charge in [-0.3, -0.25) is 0 Å². The second kappa shape index (κ2) is 6.49. The molecule has 0 radical (unpaired) electrons. The van der Waals surface area contributed by atoms with Crippen LogP contribution in [0.25, 0.3) is 0 Å². The van der Waals surface area contributed by atoms with E-state index in [1.165, 1.54) is 34.3 Å². The lowest BCUT2D eigenvalue weighted by Crippen LogP contribution is -2.42. The number of hydrogen-bond donors (Lipinski definition) is 1. The molecule has 7 nitrogen and oxygen atoms in total. The third kappa shape index (κ3) is 3.76. The number of carbonyl (C=O) groups excluding carboxylic acids is 2. The van der Waals surface area contributed by atoms with E-state index in [1.54, 1.807) is 12.1 Å². The second-order valence-electron chi connectivity index (χ2n) is 5.07. The first kappa shape index (κ1) is 17.1. The molecule has 0 aliphatic carbocycles. The minimum Gasteiger partial charge on any atom is -0.497 e. The van der Waals surface area contributed by atoms with E-state index in [0.717, 1.165) is 0 Å². The molecule has 0 atom stereocenters. The van der Waals surface area contributed by atoms with Crippen LogP contribution in [-0.2, 0) is 19.1 Å². The maximum absolute atomic E-state index is 11.9. The number of esters is 2. The van der Waals surface area contributed by atoms with Gasteiger partial charge in [-0.05, 0) is 22.0 Å². The molecular formula is C15H16BrNO6. The van der Waals surface area contributed by atoms with Crippen LogP contribution in [0.5, 0.6) is 11.5 Å². The third-order valence-electron chi connectivity index (χ3n) is 2.95. The SMILES string of the molecule is COc1cc(Br)c(OC)c(NC=C2C(=O)OC(C)(C)OC2=O)c1. The largest absolute Gasteiger partial charge is 0.497 e. The molecule has 1 aliphatic heterocycles. The second-order valence-corrected chi connectivity index (χ2v) is 5.93. The molecule has 1 N–H and O–H groups in total. The number of halogens is 1. The van der Waals surface area contributed by atoms with Crippen molar-refractivity contribution in [2.75, 3.05) is 19.5 Å². The average Bonchev–Trinajstić information content (AvgIpc) is 2.44. The fourth-order valence-corrected chi connectivity index (χ4v) is 2.53. The number of carbonyl (C=O) groups is 2. The standard InChI is InChI=1S/C15H16BrNO6/c1-15(2)22-13(18)9(14(19)23-15)7-17-11-6-8(20-3)5-10(16)12(11)21-4/h5-7,17H,1-4H3. The number of benzene rings is 1. The zero-order valence-corrected chi connectivity index (χ0v) is 14.6. The van der Waals surface area contributed by atoms with Crippen LogP contribution in [0, 0.1) is 0 Å². The van der Waals surface area contributed by atoms with E-state index in [4.69, 9.17) is 18.9 Å². The number of rotatable bonds is 4. The van der Waals surface area contributed by atoms with E-state index >= 15 is 0 Å². The summed E-state index contributed by atoms with van der Waals surface area (Å²) in [5.74, 6) is -1.75. The predicted molar refractivity (Wildman–Crippen MR) is 85.2 cm³/mol. The van der Waals surface area contributed by atoms with E-state index in [2.05, 4.69) is 21.2 Å². The summed E-state index contributed by atoms with van der Waals surface area (Å²) in [5, 5.41) is 2.84. The minimum absolute atomic E-state index is 0.245. The Morgan fingerprint density at radius 1 is 1.13 bits per heavy atom. The van der Waals surface area contributed by atoms with Crippen LogP contribution < -0.4 is 14.8 Å². The maximum Gasteiger partial charge on any atom is 0.350 e. The third-order valence-corrected chi connectivity index (χ3v) is 3.53. The number of ether oxygens (including phenoxy) is 4. The Kier molecular flexibility index (Phi) is 4.84. The first-order chi connectivity index (χ1) is 10.8. The van der Waals surface area contributed by atoms with Gasteiger partial charge in [-0.1, -0.05) is 0 Å². The Hall–Kier alpha value is -2.22. The van der Waals surface area contributed by atoms with Crippen LogP contribution in [0.4, 0.5) is 5.69 Å². The summed E-state index contributed by atoms with van der Waals surface area (Å²) in [5.41, 5.74) is 0.252. The number of methoxy groups -OCH3 is 2. The summed E-state index contributed by atoms with van der Waals surface area (Å²) in [6.45, 7) is 2.96.